The van der Waals surface area contributed by atoms with Crippen molar-refractivity contribution in [3.05, 3.63) is 47.4 Å². The summed E-state index contributed by atoms with van der Waals surface area (Å²) in [6.07, 6.45) is 11.2. The van der Waals surface area contributed by atoms with Crippen LogP contribution in [0.3, 0.4) is 0 Å². The molecule has 16 heavy (non-hydrogen) atoms. The monoisotopic (exact) mass is 275 g/mol. The molecule has 1 aromatic carbocycles. The van der Waals surface area contributed by atoms with Gasteiger partial charge in [-0.3, -0.25) is 0 Å². The molecule has 0 N–H and O–H groups in total. The number of hydrogen-bond donors (Lipinski definition) is 0. The Bertz CT molecular complexity index is 413. The number of hydrogen-bond acceptors (Lipinski definition) is 0. The lowest BCUT2D eigenvalue weighted by atomic mass is 9.77. The van der Waals surface area contributed by atoms with Gasteiger partial charge in [-0.15, -0.1) is 0 Å². The minimum Gasteiger partial charge on any atom is -0.0840 e. The van der Waals surface area contributed by atoms with Crippen molar-refractivity contribution in [3.63, 3.8) is 0 Å². The summed E-state index contributed by atoms with van der Waals surface area (Å²) in [6, 6.07) is 8.72. The molecule has 2 aliphatic carbocycles. The van der Waals surface area contributed by atoms with Crippen molar-refractivity contribution in [3.8, 4) is 0 Å². The summed E-state index contributed by atoms with van der Waals surface area (Å²) in [5.74, 6) is 1.50. The van der Waals surface area contributed by atoms with Crippen LogP contribution in [0, 0.1) is 5.92 Å². The minimum atomic E-state index is 0.244. The van der Waals surface area contributed by atoms with Gasteiger partial charge in [0.1, 0.15) is 0 Å². The highest BCUT2D eigenvalue weighted by Crippen LogP contribution is 2.49. The van der Waals surface area contributed by atoms with E-state index in [1.54, 1.807) is 0 Å². The fourth-order valence-corrected chi connectivity index (χ4v) is 3.83. The molecule has 0 bridgehead atoms. The van der Waals surface area contributed by atoms with E-state index in [0.29, 0.717) is 0 Å². The zero-order valence-corrected chi connectivity index (χ0v) is 11.0. The van der Waals surface area contributed by atoms with Crippen LogP contribution in [-0.2, 0) is 0 Å². The molecule has 0 unspecified atom stereocenters. The Balaban J connectivity index is 1.95. The molecular weight excluding hydrogens is 260 g/mol. The third kappa shape index (κ3) is 1.66. The van der Waals surface area contributed by atoms with Gasteiger partial charge in [0.25, 0.3) is 0 Å². The zero-order chi connectivity index (χ0) is 11.0. The second-order valence-electron chi connectivity index (χ2n) is 4.86. The summed E-state index contributed by atoms with van der Waals surface area (Å²) in [5.41, 5.74) is 2.81. The van der Waals surface area contributed by atoms with Gasteiger partial charge in [0.05, 0.1) is 0 Å². The molecule has 3 rings (SSSR count). The first-order valence-corrected chi connectivity index (χ1v) is 6.93. The highest BCUT2D eigenvalue weighted by molar-refractivity contribution is 9.10. The number of rotatable bonds is 1. The zero-order valence-electron chi connectivity index (χ0n) is 9.38. The van der Waals surface area contributed by atoms with E-state index in [2.05, 4.69) is 52.3 Å². The summed E-state index contributed by atoms with van der Waals surface area (Å²) >= 11 is 4.00. The van der Waals surface area contributed by atoms with E-state index in [0.717, 1.165) is 0 Å². The van der Waals surface area contributed by atoms with Crippen LogP contribution in [-0.4, -0.2) is 4.32 Å². The Morgan fingerprint density at radius 3 is 2.50 bits per heavy atom. The van der Waals surface area contributed by atoms with Crippen molar-refractivity contribution in [1.29, 1.82) is 0 Å². The molecule has 0 nitrogen and oxygen atoms in total. The van der Waals surface area contributed by atoms with Gasteiger partial charge in [-0.25, -0.2) is 0 Å². The van der Waals surface area contributed by atoms with Crippen LogP contribution in [0.25, 0.3) is 6.08 Å². The predicted molar refractivity (Wildman–Crippen MR) is 72.6 cm³/mol. The van der Waals surface area contributed by atoms with Crippen molar-refractivity contribution < 1.29 is 0 Å². The van der Waals surface area contributed by atoms with Crippen LogP contribution in [0.4, 0.5) is 0 Å². The highest BCUT2D eigenvalue weighted by Gasteiger charge is 2.39. The van der Waals surface area contributed by atoms with Crippen molar-refractivity contribution in [2.75, 3.05) is 0 Å². The van der Waals surface area contributed by atoms with Gasteiger partial charge in [0.2, 0.25) is 0 Å². The normalized spacial score (nSPS) is 23.3. The SMILES string of the molecule is BrC1([C]2C=Cc3ccccc32)CCCCC1. The van der Waals surface area contributed by atoms with Gasteiger partial charge >= 0.3 is 0 Å². The second kappa shape index (κ2) is 4.03. The first kappa shape index (κ1) is 10.6. The van der Waals surface area contributed by atoms with Crippen LogP contribution in [0.2, 0.25) is 0 Å². The molecule has 1 heteroatoms. The number of fused-ring (bicyclic) bond motifs is 1. The molecule has 0 aromatic heterocycles. The third-order valence-corrected chi connectivity index (χ3v) is 5.03. The predicted octanol–water partition coefficient (Wildman–Crippen LogP) is 4.73. The lowest BCUT2D eigenvalue weighted by molar-refractivity contribution is 0.431. The Labute approximate surface area is 106 Å². The number of halogens is 1. The molecule has 1 saturated carbocycles. The maximum absolute atomic E-state index is 4.00. The molecule has 2 aliphatic rings. The molecule has 0 aliphatic heterocycles. The summed E-state index contributed by atoms with van der Waals surface area (Å²) < 4.78 is 0.244. The van der Waals surface area contributed by atoms with Gasteiger partial charge < -0.3 is 0 Å². The molecule has 0 saturated heterocycles. The molecule has 0 spiro atoms. The molecule has 1 radical (unpaired) electrons. The lowest BCUT2D eigenvalue weighted by Gasteiger charge is -2.36. The Morgan fingerprint density at radius 1 is 0.938 bits per heavy atom. The number of alkyl halides is 1. The molecule has 0 atom stereocenters. The van der Waals surface area contributed by atoms with E-state index < -0.39 is 0 Å². The van der Waals surface area contributed by atoms with Gasteiger partial charge in [0.15, 0.2) is 0 Å². The second-order valence-corrected chi connectivity index (χ2v) is 6.38. The molecule has 1 fully saturated rings. The van der Waals surface area contributed by atoms with E-state index in [1.165, 1.54) is 49.1 Å². The van der Waals surface area contributed by atoms with Crippen molar-refractivity contribution in [2.45, 2.75) is 36.4 Å². The maximum Gasteiger partial charge on any atom is 0.0440 e. The fraction of sp³-hybridized carbons (Fsp3) is 0.400. The summed E-state index contributed by atoms with van der Waals surface area (Å²) in [5, 5.41) is 0. The molecule has 0 amide bonds. The van der Waals surface area contributed by atoms with Gasteiger partial charge in [0, 0.05) is 10.2 Å². The van der Waals surface area contributed by atoms with Gasteiger partial charge in [-0.05, 0) is 24.0 Å². The van der Waals surface area contributed by atoms with E-state index in [4.69, 9.17) is 0 Å². The average Bonchev–Trinajstić information content (AvgIpc) is 2.74. The van der Waals surface area contributed by atoms with E-state index in [1.807, 2.05) is 0 Å². The number of allylic oxidation sites excluding steroid dienone is 1. The topological polar surface area (TPSA) is 0 Å². The van der Waals surface area contributed by atoms with Gasteiger partial charge in [-0.2, -0.15) is 0 Å². The first-order chi connectivity index (χ1) is 7.80. The Morgan fingerprint density at radius 2 is 1.69 bits per heavy atom. The molecule has 1 aromatic rings. The highest BCUT2D eigenvalue weighted by atomic mass is 79.9. The van der Waals surface area contributed by atoms with Crippen LogP contribution in [0.5, 0.6) is 0 Å². The largest absolute Gasteiger partial charge is 0.0840 e. The van der Waals surface area contributed by atoms with Crippen LogP contribution in [0.15, 0.2) is 30.3 Å². The maximum atomic E-state index is 4.00. The molecule has 0 heterocycles. The lowest BCUT2D eigenvalue weighted by Crippen LogP contribution is -2.31. The average molecular weight is 276 g/mol. The first-order valence-electron chi connectivity index (χ1n) is 6.13. The molecule has 83 valence electrons. The Hall–Kier alpha value is -0.560. The van der Waals surface area contributed by atoms with E-state index in [-0.39, 0.29) is 4.32 Å². The van der Waals surface area contributed by atoms with Gasteiger partial charge in [-0.1, -0.05) is 71.6 Å². The van der Waals surface area contributed by atoms with Crippen molar-refractivity contribution in [1.82, 2.24) is 0 Å². The van der Waals surface area contributed by atoms with Crippen molar-refractivity contribution >= 4 is 22.0 Å². The van der Waals surface area contributed by atoms with E-state index in [9.17, 15) is 0 Å². The summed E-state index contributed by atoms with van der Waals surface area (Å²) in [6.45, 7) is 0. The smallest absolute Gasteiger partial charge is 0.0440 e. The standard InChI is InChI=1S/C15H16Br/c16-15(10-4-1-5-11-15)14-9-8-12-6-2-3-7-13(12)14/h2-3,6-9H,1,4-5,10-11H2. The van der Waals surface area contributed by atoms with Crippen LogP contribution in [0.1, 0.15) is 43.2 Å². The van der Waals surface area contributed by atoms with E-state index >= 15 is 0 Å². The quantitative estimate of drug-likeness (QED) is 0.650. The summed E-state index contributed by atoms with van der Waals surface area (Å²) in [7, 11) is 0. The Kier molecular flexibility index (Phi) is 2.67. The molecular formula is C15H16Br. The third-order valence-electron chi connectivity index (χ3n) is 3.81. The van der Waals surface area contributed by atoms with Crippen LogP contribution >= 0.6 is 15.9 Å². The fourth-order valence-electron chi connectivity index (χ4n) is 2.92. The van der Waals surface area contributed by atoms with Crippen molar-refractivity contribution in [2.24, 2.45) is 0 Å². The summed E-state index contributed by atoms with van der Waals surface area (Å²) in [4.78, 5) is 0. The van der Waals surface area contributed by atoms with Crippen LogP contribution < -0.4 is 0 Å². The number of benzene rings is 1. The minimum absolute atomic E-state index is 0.244.